The number of aliphatic hydroxyl groups excluding tert-OH is 1. The van der Waals surface area contributed by atoms with Crippen molar-refractivity contribution in [3.8, 4) is 5.75 Å². The molecule has 0 aromatic heterocycles. The molecule has 19 heavy (non-hydrogen) atoms. The van der Waals surface area contributed by atoms with Crippen LogP contribution in [0.25, 0.3) is 0 Å². The zero-order valence-electron chi connectivity index (χ0n) is 10.7. The molecule has 0 spiro atoms. The van der Waals surface area contributed by atoms with Crippen molar-refractivity contribution >= 4 is 5.69 Å². The van der Waals surface area contributed by atoms with Crippen molar-refractivity contribution in [1.82, 2.24) is 5.32 Å². The van der Waals surface area contributed by atoms with E-state index in [1.807, 2.05) is 0 Å². The molecule has 0 saturated heterocycles. The largest absolute Gasteiger partial charge is 0.492 e. The summed E-state index contributed by atoms with van der Waals surface area (Å²) in [5.74, 6) is 0.543. The quantitative estimate of drug-likeness (QED) is 0.356. The average Bonchev–Trinajstić information content (AvgIpc) is 2.39. The SMILES string of the molecule is CC(O)(CO)CNCCOc1ccc([N+](=O)[O-])cc1. The number of nitro benzene ring substituents is 1. The lowest BCUT2D eigenvalue weighted by molar-refractivity contribution is -0.384. The number of aliphatic hydroxyl groups is 2. The van der Waals surface area contributed by atoms with Gasteiger partial charge in [0.15, 0.2) is 0 Å². The van der Waals surface area contributed by atoms with Crippen molar-refractivity contribution < 1.29 is 19.9 Å². The summed E-state index contributed by atoms with van der Waals surface area (Å²) in [6, 6.07) is 5.81. The third-order valence-corrected chi connectivity index (χ3v) is 2.44. The molecule has 0 bridgehead atoms. The molecule has 0 heterocycles. The first-order valence-electron chi connectivity index (χ1n) is 5.86. The Kier molecular flexibility index (Phi) is 5.68. The minimum atomic E-state index is -1.15. The number of nitrogens with one attached hydrogen (secondary N) is 1. The second-order valence-corrected chi connectivity index (χ2v) is 4.43. The van der Waals surface area contributed by atoms with Crippen molar-refractivity contribution in [1.29, 1.82) is 0 Å². The number of nitro groups is 1. The Morgan fingerprint density at radius 3 is 2.58 bits per heavy atom. The smallest absolute Gasteiger partial charge is 0.269 e. The molecule has 0 fully saturated rings. The summed E-state index contributed by atoms with van der Waals surface area (Å²) in [6.45, 7) is 2.32. The van der Waals surface area contributed by atoms with Crippen LogP contribution in [-0.4, -0.2) is 47.0 Å². The molecular weight excluding hydrogens is 252 g/mol. The third kappa shape index (κ3) is 5.64. The Hall–Kier alpha value is -1.70. The van der Waals surface area contributed by atoms with E-state index < -0.39 is 10.5 Å². The summed E-state index contributed by atoms with van der Waals surface area (Å²) in [5.41, 5.74) is -1.13. The Labute approximate surface area is 111 Å². The van der Waals surface area contributed by atoms with Crippen LogP contribution < -0.4 is 10.1 Å². The minimum Gasteiger partial charge on any atom is -0.492 e. The average molecular weight is 270 g/mol. The van der Waals surface area contributed by atoms with Gasteiger partial charge in [-0.1, -0.05) is 0 Å². The summed E-state index contributed by atoms with van der Waals surface area (Å²) in [6.07, 6.45) is 0. The second-order valence-electron chi connectivity index (χ2n) is 4.43. The van der Waals surface area contributed by atoms with Gasteiger partial charge in [-0.2, -0.15) is 0 Å². The van der Waals surface area contributed by atoms with E-state index >= 15 is 0 Å². The highest BCUT2D eigenvalue weighted by molar-refractivity contribution is 5.35. The first-order chi connectivity index (χ1) is 8.94. The number of rotatable bonds is 8. The van der Waals surface area contributed by atoms with Crippen LogP contribution in [-0.2, 0) is 0 Å². The standard InChI is InChI=1S/C12H18N2O5/c1-12(16,9-15)8-13-6-7-19-11-4-2-10(3-5-11)14(17)18/h2-5,13,15-16H,6-9H2,1H3. The second kappa shape index (κ2) is 7.03. The van der Waals surface area contributed by atoms with Gasteiger partial charge in [0, 0.05) is 25.2 Å². The van der Waals surface area contributed by atoms with Gasteiger partial charge in [-0.05, 0) is 19.1 Å². The zero-order valence-corrected chi connectivity index (χ0v) is 10.7. The van der Waals surface area contributed by atoms with Gasteiger partial charge in [0.05, 0.1) is 17.1 Å². The Morgan fingerprint density at radius 1 is 1.42 bits per heavy atom. The molecule has 1 rings (SSSR count). The maximum atomic E-state index is 10.4. The molecule has 7 nitrogen and oxygen atoms in total. The van der Waals surface area contributed by atoms with Crippen molar-refractivity contribution in [2.24, 2.45) is 0 Å². The highest BCUT2D eigenvalue weighted by atomic mass is 16.6. The van der Waals surface area contributed by atoms with E-state index in [0.29, 0.717) is 18.9 Å². The number of ether oxygens (including phenoxy) is 1. The molecule has 7 heteroatoms. The van der Waals surface area contributed by atoms with E-state index in [2.05, 4.69) is 5.32 Å². The lowest BCUT2D eigenvalue weighted by atomic mass is 10.1. The number of non-ortho nitro benzene ring substituents is 1. The van der Waals surface area contributed by atoms with Gasteiger partial charge < -0.3 is 20.3 Å². The molecule has 0 aliphatic rings. The van der Waals surface area contributed by atoms with Crippen LogP contribution >= 0.6 is 0 Å². The topological polar surface area (TPSA) is 105 Å². The van der Waals surface area contributed by atoms with E-state index in [9.17, 15) is 15.2 Å². The molecule has 0 radical (unpaired) electrons. The maximum Gasteiger partial charge on any atom is 0.269 e. The first-order valence-corrected chi connectivity index (χ1v) is 5.86. The molecule has 1 aromatic rings. The van der Waals surface area contributed by atoms with Crippen LogP contribution in [0.1, 0.15) is 6.92 Å². The predicted octanol–water partition coefficient (Wildman–Crippen LogP) is 0.306. The van der Waals surface area contributed by atoms with Crippen LogP contribution in [0, 0.1) is 10.1 Å². The van der Waals surface area contributed by atoms with Crippen LogP contribution in [0.4, 0.5) is 5.69 Å². The number of benzene rings is 1. The van der Waals surface area contributed by atoms with E-state index in [0.717, 1.165) is 0 Å². The van der Waals surface area contributed by atoms with Gasteiger partial charge in [-0.3, -0.25) is 10.1 Å². The monoisotopic (exact) mass is 270 g/mol. The molecule has 1 aromatic carbocycles. The van der Waals surface area contributed by atoms with E-state index in [4.69, 9.17) is 9.84 Å². The van der Waals surface area contributed by atoms with Crippen LogP contribution in [0.3, 0.4) is 0 Å². The lowest BCUT2D eigenvalue weighted by Crippen LogP contribution is -2.42. The van der Waals surface area contributed by atoms with Crippen molar-refractivity contribution in [3.05, 3.63) is 34.4 Å². The summed E-state index contributed by atoms with van der Waals surface area (Å²) in [5, 5.41) is 31.7. The van der Waals surface area contributed by atoms with Gasteiger partial charge in [0.1, 0.15) is 12.4 Å². The summed E-state index contributed by atoms with van der Waals surface area (Å²) in [7, 11) is 0. The molecule has 0 amide bonds. The maximum absolute atomic E-state index is 10.4. The van der Waals surface area contributed by atoms with E-state index in [-0.39, 0.29) is 18.8 Å². The predicted molar refractivity (Wildman–Crippen MR) is 69.2 cm³/mol. The summed E-state index contributed by atoms with van der Waals surface area (Å²) >= 11 is 0. The molecule has 0 aliphatic carbocycles. The number of hydrogen-bond donors (Lipinski definition) is 3. The van der Waals surface area contributed by atoms with E-state index in [1.165, 1.54) is 31.2 Å². The molecule has 3 N–H and O–H groups in total. The van der Waals surface area contributed by atoms with Crippen molar-refractivity contribution in [2.75, 3.05) is 26.3 Å². The molecule has 1 unspecified atom stereocenters. The molecule has 106 valence electrons. The minimum absolute atomic E-state index is 0.0180. The highest BCUT2D eigenvalue weighted by Gasteiger charge is 2.17. The van der Waals surface area contributed by atoms with Crippen LogP contribution in [0.5, 0.6) is 5.75 Å². The van der Waals surface area contributed by atoms with Crippen molar-refractivity contribution in [3.63, 3.8) is 0 Å². The Bertz CT molecular complexity index is 405. The van der Waals surface area contributed by atoms with Crippen molar-refractivity contribution in [2.45, 2.75) is 12.5 Å². The number of nitrogens with zero attached hydrogens (tertiary/aromatic N) is 1. The molecule has 0 saturated carbocycles. The fourth-order valence-corrected chi connectivity index (χ4v) is 1.32. The zero-order chi connectivity index (χ0) is 14.3. The van der Waals surface area contributed by atoms with Gasteiger partial charge in [0.25, 0.3) is 5.69 Å². The fourth-order valence-electron chi connectivity index (χ4n) is 1.32. The normalized spacial score (nSPS) is 13.8. The molecular formula is C12H18N2O5. The van der Waals surface area contributed by atoms with Gasteiger partial charge in [-0.25, -0.2) is 0 Å². The number of hydrogen-bond acceptors (Lipinski definition) is 6. The van der Waals surface area contributed by atoms with Gasteiger partial charge in [-0.15, -0.1) is 0 Å². The fraction of sp³-hybridized carbons (Fsp3) is 0.500. The Balaban J connectivity index is 2.24. The van der Waals surface area contributed by atoms with Crippen LogP contribution in [0.2, 0.25) is 0 Å². The molecule has 0 aliphatic heterocycles. The van der Waals surface area contributed by atoms with Crippen LogP contribution in [0.15, 0.2) is 24.3 Å². The lowest BCUT2D eigenvalue weighted by Gasteiger charge is -2.20. The summed E-state index contributed by atoms with van der Waals surface area (Å²) < 4.78 is 5.36. The molecule has 1 atom stereocenters. The summed E-state index contributed by atoms with van der Waals surface area (Å²) in [4.78, 5) is 9.97. The highest BCUT2D eigenvalue weighted by Crippen LogP contribution is 2.16. The van der Waals surface area contributed by atoms with Gasteiger partial charge in [0.2, 0.25) is 0 Å². The Morgan fingerprint density at radius 2 is 2.05 bits per heavy atom. The first kappa shape index (κ1) is 15.4. The van der Waals surface area contributed by atoms with E-state index in [1.54, 1.807) is 0 Å². The van der Waals surface area contributed by atoms with Gasteiger partial charge >= 0.3 is 0 Å². The third-order valence-electron chi connectivity index (χ3n) is 2.44.